The van der Waals surface area contributed by atoms with E-state index in [4.69, 9.17) is 5.26 Å². The summed E-state index contributed by atoms with van der Waals surface area (Å²) in [6, 6.07) is 9.80. The van der Waals surface area contributed by atoms with Gasteiger partial charge in [0.15, 0.2) is 0 Å². The summed E-state index contributed by atoms with van der Waals surface area (Å²) in [7, 11) is 0. The van der Waals surface area contributed by atoms with Crippen LogP contribution in [0.15, 0.2) is 44.9 Å². The van der Waals surface area contributed by atoms with Crippen molar-refractivity contribution in [2.45, 2.75) is 9.10 Å². The van der Waals surface area contributed by atoms with E-state index in [0.29, 0.717) is 5.69 Å². The van der Waals surface area contributed by atoms with Gasteiger partial charge in [0.1, 0.15) is 11.8 Å². The van der Waals surface area contributed by atoms with E-state index in [9.17, 15) is 0 Å². The zero-order valence-electron chi connectivity index (χ0n) is 7.18. The summed E-state index contributed by atoms with van der Waals surface area (Å²) in [5, 5.41) is 10.7. The summed E-state index contributed by atoms with van der Waals surface area (Å²) in [6.45, 7) is 0. The van der Waals surface area contributed by atoms with Gasteiger partial charge in [0.05, 0.1) is 4.21 Å². The summed E-state index contributed by atoms with van der Waals surface area (Å²) >= 11 is 3.34. The van der Waals surface area contributed by atoms with E-state index in [1.807, 2.05) is 23.6 Å². The second-order valence-electron chi connectivity index (χ2n) is 2.52. The molecule has 2 heterocycles. The van der Waals surface area contributed by atoms with Crippen LogP contribution in [0.5, 0.6) is 0 Å². The van der Waals surface area contributed by atoms with Crippen LogP contribution in [0, 0.1) is 11.3 Å². The molecule has 14 heavy (non-hydrogen) atoms. The van der Waals surface area contributed by atoms with Gasteiger partial charge in [-0.05, 0) is 23.6 Å². The standard InChI is InChI=1S/C10H6N2S2/c11-7-8-6-9(3-4-12-8)14-10-2-1-5-13-10/h1-6H. The van der Waals surface area contributed by atoms with Crippen LogP contribution in [-0.2, 0) is 0 Å². The van der Waals surface area contributed by atoms with Crippen LogP contribution in [0.25, 0.3) is 0 Å². The number of nitrogens with zero attached hydrogens (tertiary/aromatic N) is 2. The Morgan fingerprint density at radius 3 is 3.07 bits per heavy atom. The van der Waals surface area contributed by atoms with Crippen LogP contribution in [0.1, 0.15) is 5.69 Å². The molecular weight excluding hydrogens is 212 g/mol. The van der Waals surface area contributed by atoms with Gasteiger partial charge in [0.2, 0.25) is 0 Å². The van der Waals surface area contributed by atoms with E-state index >= 15 is 0 Å². The maximum atomic E-state index is 8.67. The number of rotatable bonds is 2. The minimum absolute atomic E-state index is 0.464. The maximum absolute atomic E-state index is 8.67. The third-order valence-electron chi connectivity index (χ3n) is 1.56. The summed E-state index contributed by atoms with van der Waals surface area (Å²) in [4.78, 5) is 4.97. The first-order chi connectivity index (χ1) is 6.88. The van der Waals surface area contributed by atoms with Gasteiger partial charge < -0.3 is 0 Å². The van der Waals surface area contributed by atoms with E-state index in [-0.39, 0.29) is 0 Å². The number of hydrogen-bond acceptors (Lipinski definition) is 4. The molecule has 2 rings (SSSR count). The fourth-order valence-electron chi connectivity index (χ4n) is 0.973. The van der Waals surface area contributed by atoms with Crippen molar-refractivity contribution in [3.05, 3.63) is 41.5 Å². The van der Waals surface area contributed by atoms with Gasteiger partial charge in [-0.25, -0.2) is 4.98 Å². The normalized spacial score (nSPS) is 9.64. The monoisotopic (exact) mass is 218 g/mol. The minimum atomic E-state index is 0.464. The quantitative estimate of drug-likeness (QED) is 0.776. The van der Waals surface area contributed by atoms with Crippen molar-refractivity contribution in [3.8, 4) is 6.07 Å². The summed E-state index contributed by atoms with van der Waals surface area (Å²) in [5.41, 5.74) is 0.464. The molecule has 0 radical (unpaired) electrons. The van der Waals surface area contributed by atoms with E-state index in [0.717, 1.165) is 4.90 Å². The van der Waals surface area contributed by atoms with Gasteiger partial charge in [0.25, 0.3) is 0 Å². The Labute approximate surface area is 90.2 Å². The van der Waals surface area contributed by atoms with Gasteiger partial charge >= 0.3 is 0 Å². The van der Waals surface area contributed by atoms with Crippen molar-refractivity contribution >= 4 is 23.1 Å². The van der Waals surface area contributed by atoms with Crippen LogP contribution in [0.2, 0.25) is 0 Å². The topological polar surface area (TPSA) is 36.7 Å². The van der Waals surface area contributed by atoms with Crippen molar-refractivity contribution in [1.29, 1.82) is 5.26 Å². The predicted octanol–water partition coefficient (Wildman–Crippen LogP) is 3.17. The van der Waals surface area contributed by atoms with Crippen LogP contribution in [0.4, 0.5) is 0 Å². The molecule has 0 bridgehead atoms. The van der Waals surface area contributed by atoms with Crippen LogP contribution in [0.3, 0.4) is 0 Å². The first-order valence-corrected chi connectivity index (χ1v) is 5.65. The predicted molar refractivity (Wildman–Crippen MR) is 57.4 cm³/mol. The number of aromatic nitrogens is 1. The highest BCUT2D eigenvalue weighted by Crippen LogP contribution is 2.30. The number of thiophene rings is 1. The molecule has 0 unspecified atom stereocenters. The number of nitriles is 1. The highest BCUT2D eigenvalue weighted by Gasteiger charge is 1.99. The Hall–Kier alpha value is -1.31. The van der Waals surface area contributed by atoms with Gasteiger partial charge in [-0.1, -0.05) is 17.8 Å². The van der Waals surface area contributed by atoms with Crippen LogP contribution < -0.4 is 0 Å². The minimum Gasteiger partial charge on any atom is -0.245 e. The van der Waals surface area contributed by atoms with Crippen molar-refractivity contribution in [2.75, 3.05) is 0 Å². The second-order valence-corrected chi connectivity index (χ2v) is 4.84. The molecule has 0 atom stereocenters. The SMILES string of the molecule is N#Cc1cc(Sc2cccs2)ccn1. The molecule has 2 aromatic rings. The third-order valence-corrected chi connectivity index (χ3v) is 3.59. The molecule has 4 heteroatoms. The summed E-state index contributed by atoms with van der Waals surface area (Å²) in [6.07, 6.45) is 1.66. The molecule has 0 aliphatic rings. The Morgan fingerprint density at radius 2 is 2.36 bits per heavy atom. The smallest absolute Gasteiger partial charge is 0.141 e. The Bertz CT molecular complexity index is 457. The lowest BCUT2D eigenvalue weighted by Crippen LogP contribution is -1.80. The Balaban J connectivity index is 2.22. The average molecular weight is 218 g/mol. The van der Waals surface area contributed by atoms with Crippen molar-refractivity contribution in [3.63, 3.8) is 0 Å². The van der Waals surface area contributed by atoms with Gasteiger partial charge in [0, 0.05) is 11.1 Å². The Kier molecular flexibility index (Phi) is 2.82. The van der Waals surface area contributed by atoms with Crippen molar-refractivity contribution < 1.29 is 0 Å². The Morgan fingerprint density at radius 1 is 1.43 bits per heavy atom. The fourth-order valence-corrected chi connectivity index (χ4v) is 2.75. The van der Waals surface area contributed by atoms with E-state index in [2.05, 4.69) is 11.1 Å². The highest BCUT2D eigenvalue weighted by atomic mass is 32.2. The van der Waals surface area contributed by atoms with Crippen LogP contribution in [-0.4, -0.2) is 4.98 Å². The number of pyridine rings is 1. The van der Waals surface area contributed by atoms with E-state index in [1.165, 1.54) is 4.21 Å². The van der Waals surface area contributed by atoms with Gasteiger partial charge in [-0.15, -0.1) is 11.3 Å². The first kappa shape index (κ1) is 9.25. The van der Waals surface area contributed by atoms with E-state index < -0.39 is 0 Å². The fraction of sp³-hybridized carbons (Fsp3) is 0. The molecule has 0 aromatic carbocycles. The molecular formula is C10H6N2S2. The molecule has 2 nitrogen and oxygen atoms in total. The van der Waals surface area contributed by atoms with Crippen molar-refractivity contribution in [2.24, 2.45) is 0 Å². The molecule has 0 aliphatic carbocycles. The molecule has 0 N–H and O–H groups in total. The average Bonchev–Trinajstić information content (AvgIpc) is 2.71. The van der Waals surface area contributed by atoms with Crippen LogP contribution >= 0.6 is 23.1 Å². The highest BCUT2D eigenvalue weighted by molar-refractivity contribution is 8.01. The largest absolute Gasteiger partial charge is 0.245 e. The van der Waals surface area contributed by atoms with E-state index in [1.54, 1.807) is 35.4 Å². The molecule has 0 aliphatic heterocycles. The molecule has 0 amide bonds. The van der Waals surface area contributed by atoms with Gasteiger partial charge in [-0.3, -0.25) is 0 Å². The third kappa shape index (κ3) is 2.13. The molecule has 0 fully saturated rings. The second kappa shape index (κ2) is 4.27. The van der Waals surface area contributed by atoms with Gasteiger partial charge in [-0.2, -0.15) is 5.26 Å². The maximum Gasteiger partial charge on any atom is 0.141 e. The molecule has 0 saturated heterocycles. The zero-order valence-corrected chi connectivity index (χ0v) is 8.81. The molecule has 0 saturated carbocycles. The lowest BCUT2D eigenvalue weighted by Gasteiger charge is -1.97. The summed E-state index contributed by atoms with van der Waals surface area (Å²) in [5.74, 6) is 0. The molecule has 68 valence electrons. The number of hydrogen-bond donors (Lipinski definition) is 0. The summed E-state index contributed by atoms with van der Waals surface area (Å²) < 4.78 is 1.22. The zero-order chi connectivity index (χ0) is 9.80. The molecule has 2 aromatic heterocycles. The lowest BCUT2D eigenvalue weighted by molar-refractivity contribution is 1.21. The molecule has 0 spiro atoms. The lowest BCUT2D eigenvalue weighted by atomic mass is 10.4. The van der Waals surface area contributed by atoms with Crippen molar-refractivity contribution in [1.82, 2.24) is 4.98 Å². The first-order valence-electron chi connectivity index (χ1n) is 3.96.